The molecule has 28 heteroatoms. The highest BCUT2D eigenvalue weighted by Crippen LogP contribution is 2.75. The average molecular weight is 1270 g/mol. The van der Waals surface area contributed by atoms with Gasteiger partial charge in [0.05, 0.1) is 50.8 Å². The fourth-order valence-corrected chi connectivity index (χ4v) is 16.9. The van der Waals surface area contributed by atoms with Gasteiger partial charge in [-0.2, -0.15) is 0 Å². The quantitative estimate of drug-likeness (QED) is 0.0512. The molecule has 0 aromatic rings. The maximum Gasteiger partial charge on any atom is 0.187 e. The van der Waals surface area contributed by atoms with E-state index >= 15 is 0 Å². The molecule has 4 aliphatic carbocycles. The van der Waals surface area contributed by atoms with Crippen molar-refractivity contribution in [2.45, 2.75) is 285 Å². The number of ether oxygens (including phenoxy) is 10. The van der Waals surface area contributed by atoms with E-state index in [2.05, 4.69) is 47.6 Å². The number of aliphatic hydroxyl groups is 18. The first-order valence-electron chi connectivity index (χ1n) is 31.4. The van der Waals surface area contributed by atoms with Gasteiger partial charge in [0.1, 0.15) is 122 Å². The lowest BCUT2D eigenvalue weighted by molar-refractivity contribution is -0.378. The summed E-state index contributed by atoms with van der Waals surface area (Å²) in [4.78, 5) is 0. The molecule has 3 saturated carbocycles. The van der Waals surface area contributed by atoms with E-state index in [9.17, 15) is 91.9 Å². The Bertz CT molecular complexity index is 2310. The molecule has 9 aliphatic rings. The zero-order valence-electron chi connectivity index (χ0n) is 51.5. The summed E-state index contributed by atoms with van der Waals surface area (Å²) in [6.45, 7) is 13.4. The van der Waals surface area contributed by atoms with Crippen LogP contribution in [0.5, 0.6) is 0 Å². The van der Waals surface area contributed by atoms with Crippen LogP contribution in [0.3, 0.4) is 0 Å². The van der Waals surface area contributed by atoms with Gasteiger partial charge in [-0.1, -0.05) is 53.2 Å². The van der Waals surface area contributed by atoms with Crippen molar-refractivity contribution < 1.29 is 139 Å². The van der Waals surface area contributed by atoms with Crippen LogP contribution in [0.15, 0.2) is 11.6 Å². The van der Waals surface area contributed by atoms with Crippen LogP contribution in [0, 0.1) is 45.3 Å². The number of hydrogen-bond acceptors (Lipinski definition) is 28. The van der Waals surface area contributed by atoms with Crippen molar-refractivity contribution in [3.63, 3.8) is 0 Å². The molecule has 5 aliphatic heterocycles. The van der Waals surface area contributed by atoms with E-state index in [-0.39, 0.29) is 52.8 Å². The number of allylic oxidation sites excluding steroid dienone is 1. The SMILES string of the molecule is CC(C(CCC(C)(C)O)O[C@@H]1O[C@H](CO[C@@H]2O[C@H](CO)[C@@H](O)[C@H](O)[C@H]2O)[C@@H](O)[C@H](O)[C@H]1O[C@@H]1O[C@H](CO)[C@@H](O)[C@H](O)[C@H]1O)C1CCC2(C)C3CC=C4C(CC[C@H](O[C@@H]5O[C@H](CO[C@@H]6O[C@H](CO)[C@@H](O)[C@H](O)[C@H]6O)[C@@H](O)[C@H](O)[C@H]5O)C4(C)C)C3(C)CCC12C. The molecule has 0 aromatic heterocycles. The minimum absolute atomic E-state index is 0.00345. The first-order valence-corrected chi connectivity index (χ1v) is 31.4. The van der Waals surface area contributed by atoms with Gasteiger partial charge in [-0.3, -0.25) is 0 Å². The third-order valence-electron chi connectivity index (χ3n) is 22.7. The summed E-state index contributed by atoms with van der Waals surface area (Å²) >= 11 is 0. The monoisotopic (exact) mass is 1270 g/mol. The van der Waals surface area contributed by atoms with Crippen molar-refractivity contribution in [1.29, 1.82) is 0 Å². The largest absolute Gasteiger partial charge is 0.394 e. The number of rotatable bonds is 20. The Morgan fingerprint density at radius 3 is 1.45 bits per heavy atom. The Labute approximate surface area is 512 Å². The molecule has 18 N–H and O–H groups in total. The molecule has 88 heavy (non-hydrogen) atoms. The van der Waals surface area contributed by atoms with Gasteiger partial charge in [0, 0.05) is 5.41 Å². The van der Waals surface area contributed by atoms with Crippen molar-refractivity contribution in [2.24, 2.45) is 45.3 Å². The van der Waals surface area contributed by atoms with Crippen molar-refractivity contribution in [3.8, 4) is 0 Å². The normalized spacial score (nSPS) is 51.4. The van der Waals surface area contributed by atoms with Crippen molar-refractivity contribution in [3.05, 3.63) is 11.6 Å². The Kier molecular flexibility index (Phi) is 22.1. The van der Waals surface area contributed by atoms with Crippen LogP contribution >= 0.6 is 0 Å². The molecular formula is C60H102O28. The van der Waals surface area contributed by atoms with E-state index in [1.54, 1.807) is 13.8 Å². The number of hydrogen-bond donors (Lipinski definition) is 18. The summed E-state index contributed by atoms with van der Waals surface area (Å²) < 4.78 is 60.5. The van der Waals surface area contributed by atoms with Crippen molar-refractivity contribution >= 4 is 0 Å². The van der Waals surface area contributed by atoms with Crippen molar-refractivity contribution in [2.75, 3.05) is 33.0 Å². The predicted molar refractivity (Wildman–Crippen MR) is 299 cm³/mol. The standard InChI is InChI=1S/C60H102O28/c1-24(28(14-15-56(2,3)78)81-55-50(88-54-49(77)43(71)38(66)31(21-63)84-54)45(73)40(68)33(86-55)23-80-52-47(75)42(70)37(65)30(20-62)83-52)25-13-16-60(8)34-11-9-26-27(58(34,6)17-18-59(25,60)7)10-12-35(57(26,4)5)87-53-48(76)44(72)39(67)32(85-53)22-79-51-46(74)41(69)36(64)29(19-61)82-51/h9,24-25,27-55,61-78H,10-23H2,1-8H3/t24?,25?,27?,28?,29-,30-,31-,32-,33-,34?,35+,36-,37-,38-,39-,40-,41+,42+,43+,44+,45+,46-,47-,48-,49-,50-,51-,52-,53+,54+,55-,58?,59?,60?/m1/s1. The highest BCUT2D eigenvalue weighted by Gasteiger charge is 2.68. The van der Waals surface area contributed by atoms with E-state index in [4.69, 9.17) is 47.4 Å². The summed E-state index contributed by atoms with van der Waals surface area (Å²) in [6, 6.07) is 0. The Morgan fingerprint density at radius 2 is 0.955 bits per heavy atom. The highest BCUT2D eigenvalue weighted by molar-refractivity contribution is 5.30. The molecular weight excluding hydrogens is 1170 g/mol. The summed E-state index contributed by atoms with van der Waals surface area (Å²) in [6.07, 6.45) is -34.3. The zero-order valence-corrected chi connectivity index (χ0v) is 51.5. The molecule has 9 rings (SSSR count). The molecule has 28 nitrogen and oxygen atoms in total. The molecule has 0 radical (unpaired) electrons. The second kappa shape index (κ2) is 27.4. The fourth-order valence-electron chi connectivity index (χ4n) is 16.9. The Morgan fingerprint density at radius 1 is 0.511 bits per heavy atom. The third-order valence-corrected chi connectivity index (χ3v) is 22.7. The van der Waals surface area contributed by atoms with Gasteiger partial charge in [-0.25, -0.2) is 0 Å². The van der Waals surface area contributed by atoms with E-state index in [1.165, 1.54) is 5.57 Å². The topological polar surface area (TPSA) is 456 Å². The molecule has 0 amide bonds. The molecule has 0 bridgehead atoms. The molecule has 5 heterocycles. The van der Waals surface area contributed by atoms with Crippen molar-refractivity contribution in [1.82, 2.24) is 0 Å². The molecule has 34 atom stereocenters. The van der Waals surface area contributed by atoms with Crippen LogP contribution < -0.4 is 0 Å². The first kappa shape index (κ1) is 70.9. The molecule has 0 aromatic carbocycles. The van der Waals surface area contributed by atoms with Gasteiger partial charge in [-0.15, -0.1) is 0 Å². The lowest BCUT2D eigenvalue weighted by atomic mass is 9.39. The smallest absolute Gasteiger partial charge is 0.187 e. The van der Waals surface area contributed by atoms with Gasteiger partial charge in [0.25, 0.3) is 0 Å². The van der Waals surface area contributed by atoms with Crippen LogP contribution in [0.1, 0.15) is 113 Å². The molecule has 8 fully saturated rings. The van der Waals surface area contributed by atoms with Crippen LogP contribution in [0.2, 0.25) is 0 Å². The van der Waals surface area contributed by atoms with Gasteiger partial charge in [0.2, 0.25) is 0 Å². The van der Waals surface area contributed by atoms with E-state index in [1.807, 2.05) is 0 Å². The van der Waals surface area contributed by atoms with Gasteiger partial charge >= 0.3 is 0 Å². The third kappa shape index (κ3) is 13.1. The maximum atomic E-state index is 12.0. The summed E-state index contributed by atoms with van der Waals surface area (Å²) in [7, 11) is 0. The predicted octanol–water partition coefficient (Wildman–Crippen LogP) is -4.38. The summed E-state index contributed by atoms with van der Waals surface area (Å²) in [5.41, 5.74) is -1.29. The average Bonchev–Trinajstić information content (AvgIpc) is 1.35. The van der Waals surface area contributed by atoms with Gasteiger partial charge in [-0.05, 0) is 112 Å². The summed E-state index contributed by atoms with van der Waals surface area (Å²) in [5, 5.41) is 193. The second-order valence-electron chi connectivity index (χ2n) is 28.7. The highest BCUT2D eigenvalue weighted by atomic mass is 16.8. The lowest BCUT2D eigenvalue weighted by Crippen LogP contribution is -2.65. The van der Waals surface area contributed by atoms with Gasteiger partial charge < -0.3 is 139 Å². The van der Waals surface area contributed by atoms with Crippen LogP contribution in [0.4, 0.5) is 0 Å². The first-order chi connectivity index (χ1) is 41.2. The second-order valence-corrected chi connectivity index (χ2v) is 28.7. The Hall–Kier alpha value is -1.38. The van der Waals surface area contributed by atoms with Crippen LogP contribution in [-0.4, -0.2) is 296 Å². The van der Waals surface area contributed by atoms with Crippen LogP contribution in [-0.2, 0) is 47.4 Å². The van der Waals surface area contributed by atoms with Crippen LogP contribution in [0.25, 0.3) is 0 Å². The minimum atomic E-state index is -1.93. The maximum absolute atomic E-state index is 12.0. The number of aliphatic hydroxyl groups excluding tert-OH is 17. The van der Waals surface area contributed by atoms with E-state index < -0.39 is 210 Å². The molecule has 510 valence electrons. The minimum Gasteiger partial charge on any atom is -0.394 e. The lowest BCUT2D eigenvalue weighted by Gasteiger charge is -2.66. The van der Waals surface area contributed by atoms with E-state index in [0.717, 1.165) is 38.5 Å². The fraction of sp³-hybridized carbons (Fsp3) is 0.967. The van der Waals surface area contributed by atoms with E-state index in [0.29, 0.717) is 6.42 Å². The Balaban J connectivity index is 0.931. The molecule has 5 saturated heterocycles. The zero-order chi connectivity index (χ0) is 64.7. The summed E-state index contributed by atoms with van der Waals surface area (Å²) in [5.74, 6) is 0.0446. The molecule has 8 unspecified atom stereocenters. The molecule has 0 spiro atoms. The number of fused-ring (bicyclic) bond motifs is 5. The van der Waals surface area contributed by atoms with Gasteiger partial charge in [0.15, 0.2) is 31.5 Å².